The number of carboxylic acids is 1. The van der Waals surface area contributed by atoms with E-state index in [0.29, 0.717) is 17.4 Å². The highest BCUT2D eigenvalue weighted by Crippen LogP contribution is 2.27. The topological polar surface area (TPSA) is 63.3 Å². The second-order valence-electron chi connectivity index (χ2n) is 3.70. The zero-order valence-electron chi connectivity index (χ0n) is 9.88. The Balaban J connectivity index is 1.95. The van der Waals surface area contributed by atoms with Crippen molar-refractivity contribution in [1.82, 2.24) is 4.98 Å². The van der Waals surface area contributed by atoms with Gasteiger partial charge in [-0.2, -0.15) is 11.8 Å². The van der Waals surface area contributed by atoms with Crippen molar-refractivity contribution in [2.75, 3.05) is 5.75 Å². The molecule has 4 nitrogen and oxygen atoms in total. The molecule has 0 aliphatic heterocycles. The van der Waals surface area contributed by atoms with Crippen LogP contribution in [0.1, 0.15) is 17.9 Å². The van der Waals surface area contributed by atoms with Crippen molar-refractivity contribution >= 4 is 29.1 Å². The Bertz CT molecular complexity index is 519. The summed E-state index contributed by atoms with van der Waals surface area (Å²) in [7, 11) is 0. The summed E-state index contributed by atoms with van der Waals surface area (Å²) in [5.41, 5.74) is 0.897. The fourth-order valence-corrected chi connectivity index (χ4v) is 2.97. The van der Waals surface area contributed by atoms with Crippen molar-refractivity contribution in [3.05, 3.63) is 29.0 Å². The van der Waals surface area contributed by atoms with Crippen molar-refractivity contribution in [1.29, 1.82) is 0 Å². The lowest BCUT2D eigenvalue weighted by molar-refractivity contribution is -0.136. The monoisotopic (exact) mass is 283 g/mol. The van der Waals surface area contributed by atoms with Gasteiger partial charge in [0, 0.05) is 11.5 Å². The lowest BCUT2D eigenvalue weighted by Gasteiger charge is -1.96. The largest absolute Gasteiger partial charge is 0.481 e. The van der Waals surface area contributed by atoms with E-state index in [1.54, 1.807) is 23.1 Å². The number of carbonyl (C=O) groups is 1. The van der Waals surface area contributed by atoms with Crippen LogP contribution in [-0.4, -0.2) is 21.8 Å². The van der Waals surface area contributed by atoms with Gasteiger partial charge in [0.05, 0.1) is 17.0 Å². The maximum absolute atomic E-state index is 10.4. The highest BCUT2D eigenvalue weighted by Gasteiger charge is 2.12. The first kappa shape index (κ1) is 13.2. The second kappa shape index (κ2) is 6.06. The zero-order valence-corrected chi connectivity index (χ0v) is 11.5. The van der Waals surface area contributed by atoms with Crippen molar-refractivity contribution < 1.29 is 14.3 Å². The van der Waals surface area contributed by atoms with Gasteiger partial charge in [-0.05, 0) is 18.4 Å². The van der Waals surface area contributed by atoms with Gasteiger partial charge in [0.1, 0.15) is 5.76 Å². The van der Waals surface area contributed by atoms with E-state index in [-0.39, 0.29) is 6.42 Å². The Kier molecular flexibility index (Phi) is 4.43. The first-order valence-corrected chi connectivity index (χ1v) is 7.50. The third kappa shape index (κ3) is 3.36. The number of oxazole rings is 1. The molecule has 0 unspecified atom stereocenters. The molecule has 0 aliphatic carbocycles. The van der Waals surface area contributed by atoms with Gasteiger partial charge >= 0.3 is 5.97 Å². The number of hydrogen-bond acceptors (Lipinski definition) is 5. The number of thioether (sulfide) groups is 1. The molecule has 18 heavy (non-hydrogen) atoms. The number of rotatable bonds is 6. The SMILES string of the molecule is Cc1oc(-c2cccs2)nc1CSCCC(=O)O. The average molecular weight is 283 g/mol. The minimum atomic E-state index is -0.765. The predicted molar refractivity (Wildman–Crippen MR) is 73.0 cm³/mol. The normalized spacial score (nSPS) is 10.7. The van der Waals surface area contributed by atoms with E-state index in [1.807, 2.05) is 24.4 Å². The van der Waals surface area contributed by atoms with E-state index in [1.165, 1.54) is 0 Å². The van der Waals surface area contributed by atoms with Gasteiger partial charge in [-0.1, -0.05) is 6.07 Å². The van der Waals surface area contributed by atoms with E-state index in [4.69, 9.17) is 9.52 Å². The van der Waals surface area contributed by atoms with Crippen LogP contribution in [0, 0.1) is 6.92 Å². The van der Waals surface area contributed by atoms with E-state index >= 15 is 0 Å². The molecule has 0 fully saturated rings. The minimum absolute atomic E-state index is 0.180. The third-order valence-corrected chi connectivity index (χ3v) is 4.15. The third-order valence-electron chi connectivity index (χ3n) is 2.32. The van der Waals surface area contributed by atoms with Crippen molar-refractivity contribution in [3.8, 4) is 10.8 Å². The minimum Gasteiger partial charge on any atom is -0.481 e. The molecule has 0 bridgehead atoms. The fraction of sp³-hybridized carbons (Fsp3) is 0.333. The molecule has 0 aromatic carbocycles. The molecule has 0 spiro atoms. The first-order chi connectivity index (χ1) is 8.66. The van der Waals surface area contributed by atoms with Crippen LogP contribution in [0.5, 0.6) is 0 Å². The molecule has 2 rings (SSSR count). The summed E-state index contributed by atoms with van der Waals surface area (Å²) in [6.07, 6.45) is 0.180. The Morgan fingerprint density at radius 3 is 3.11 bits per heavy atom. The van der Waals surface area contributed by atoms with Gasteiger partial charge in [-0.25, -0.2) is 4.98 Å². The van der Waals surface area contributed by atoms with Crippen LogP contribution in [-0.2, 0) is 10.5 Å². The van der Waals surface area contributed by atoms with Crippen LogP contribution < -0.4 is 0 Å². The molecule has 0 aliphatic rings. The Labute approximate surface area is 113 Å². The van der Waals surface area contributed by atoms with Crippen molar-refractivity contribution in [2.24, 2.45) is 0 Å². The molecule has 0 saturated carbocycles. The molecule has 6 heteroatoms. The van der Waals surface area contributed by atoms with Crippen LogP contribution in [0.2, 0.25) is 0 Å². The summed E-state index contributed by atoms with van der Waals surface area (Å²) in [5, 5.41) is 10.5. The van der Waals surface area contributed by atoms with Gasteiger partial charge in [0.25, 0.3) is 0 Å². The number of carboxylic acid groups (broad SMARTS) is 1. The van der Waals surface area contributed by atoms with Crippen molar-refractivity contribution in [3.63, 3.8) is 0 Å². The number of nitrogens with zero attached hydrogens (tertiary/aromatic N) is 1. The van der Waals surface area contributed by atoms with E-state index in [2.05, 4.69) is 4.98 Å². The van der Waals surface area contributed by atoms with E-state index in [9.17, 15) is 4.79 Å². The smallest absolute Gasteiger partial charge is 0.304 e. The maximum Gasteiger partial charge on any atom is 0.304 e. The average Bonchev–Trinajstić information content (AvgIpc) is 2.93. The molecular weight excluding hydrogens is 270 g/mol. The van der Waals surface area contributed by atoms with Gasteiger partial charge in [-0.3, -0.25) is 4.79 Å². The van der Waals surface area contributed by atoms with Crippen LogP contribution in [0.3, 0.4) is 0 Å². The van der Waals surface area contributed by atoms with E-state index < -0.39 is 5.97 Å². The summed E-state index contributed by atoms with van der Waals surface area (Å²) in [6, 6.07) is 3.93. The van der Waals surface area contributed by atoms with Crippen LogP contribution in [0.4, 0.5) is 0 Å². The number of aromatic nitrogens is 1. The molecular formula is C12H13NO3S2. The highest BCUT2D eigenvalue weighted by atomic mass is 32.2. The van der Waals surface area contributed by atoms with Gasteiger partial charge in [0.2, 0.25) is 5.89 Å². The Morgan fingerprint density at radius 2 is 2.44 bits per heavy atom. The number of aryl methyl sites for hydroxylation is 1. The molecule has 96 valence electrons. The molecule has 2 aromatic rings. The first-order valence-electron chi connectivity index (χ1n) is 5.46. The Hall–Kier alpha value is -1.27. The summed E-state index contributed by atoms with van der Waals surface area (Å²) in [5.74, 6) is 1.97. The fourth-order valence-electron chi connectivity index (χ4n) is 1.40. The standard InChI is InChI=1S/C12H13NO3S2/c1-8-9(7-17-6-4-11(14)15)13-12(16-8)10-3-2-5-18-10/h2-3,5H,4,6-7H2,1H3,(H,14,15). The summed E-state index contributed by atoms with van der Waals surface area (Å²) in [4.78, 5) is 15.8. The maximum atomic E-state index is 10.4. The van der Waals surface area contributed by atoms with Gasteiger partial charge in [0.15, 0.2) is 0 Å². The lowest BCUT2D eigenvalue weighted by atomic mass is 10.4. The molecule has 2 aromatic heterocycles. The summed E-state index contributed by atoms with van der Waals surface area (Å²) >= 11 is 3.15. The predicted octanol–water partition coefficient (Wildman–Crippen LogP) is 3.42. The summed E-state index contributed by atoms with van der Waals surface area (Å²) < 4.78 is 5.61. The van der Waals surface area contributed by atoms with Crippen LogP contribution in [0.15, 0.2) is 21.9 Å². The number of thiophene rings is 1. The molecule has 1 N–H and O–H groups in total. The molecule has 0 amide bonds. The van der Waals surface area contributed by atoms with Crippen LogP contribution >= 0.6 is 23.1 Å². The molecule has 0 atom stereocenters. The van der Waals surface area contributed by atoms with Gasteiger partial charge < -0.3 is 9.52 Å². The lowest BCUT2D eigenvalue weighted by Crippen LogP contribution is -1.96. The Morgan fingerprint density at radius 1 is 1.61 bits per heavy atom. The zero-order chi connectivity index (χ0) is 13.0. The number of hydrogen-bond donors (Lipinski definition) is 1. The van der Waals surface area contributed by atoms with Crippen molar-refractivity contribution in [2.45, 2.75) is 19.1 Å². The number of aliphatic carboxylic acids is 1. The molecule has 0 saturated heterocycles. The quantitative estimate of drug-likeness (QED) is 0.823. The van der Waals surface area contributed by atoms with Crippen LogP contribution in [0.25, 0.3) is 10.8 Å². The highest BCUT2D eigenvalue weighted by molar-refractivity contribution is 7.98. The summed E-state index contributed by atoms with van der Waals surface area (Å²) in [6.45, 7) is 1.89. The van der Waals surface area contributed by atoms with Gasteiger partial charge in [-0.15, -0.1) is 11.3 Å². The molecule has 0 radical (unpaired) electrons. The molecule has 2 heterocycles. The van der Waals surface area contributed by atoms with E-state index in [0.717, 1.165) is 16.3 Å². The second-order valence-corrected chi connectivity index (χ2v) is 5.75.